The summed E-state index contributed by atoms with van der Waals surface area (Å²) < 4.78 is 47.4. The number of carbonyl (C=O) groups excluding carboxylic acids is 2. The molecule has 1 atom stereocenters. The molecule has 2 aromatic rings. The molecule has 1 aliphatic rings. The minimum Gasteiger partial charge on any atom is -0.452 e. The van der Waals surface area contributed by atoms with E-state index in [2.05, 4.69) is 10.5 Å². The van der Waals surface area contributed by atoms with E-state index in [0.717, 1.165) is 6.07 Å². The van der Waals surface area contributed by atoms with E-state index in [-0.39, 0.29) is 45.5 Å². The predicted octanol–water partition coefficient (Wildman–Crippen LogP) is 2.29. The Hall–Kier alpha value is -2.46. The van der Waals surface area contributed by atoms with Crippen LogP contribution in [0, 0.1) is 12.7 Å². The summed E-state index contributed by atoms with van der Waals surface area (Å²) in [6.07, 6.45) is 0.274. The van der Waals surface area contributed by atoms with Gasteiger partial charge in [-0.2, -0.15) is 0 Å². The number of carbonyl (C=O) groups is 2. The summed E-state index contributed by atoms with van der Waals surface area (Å²) >= 11 is 6.02. The second-order valence-electron chi connectivity index (χ2n) is 7.09. The van der Waals surface area contributed by atoms with Crippen LogP contribution in [0.1, 0.15) is 29.5 Å². The molecule has 8 nitrogen and oxygen atoms in total. The number of esters is 1. The van der Waals surface area contributed by atoms with E-state index in [1.54, 1.807) is 6.92 Å². The van der Waals surface area contributed by atoms with Gasteiger partial charge in [-0.05, 0) is 32.4 Å². The molecule has 2 heterocycles. The van der Waals surface area contributed by atoms with E-state index in [4.69, 9.17) is 20.9 Å². The quantitative estimate of drug-likeness (QED) is 0.703. The summed E-state index contributed by atoms with van der Waals surface area (Å²) in [5, 5.41) is 6.30. The lowest BCUT2D eigenvalue weighted by molar-refractivity contribution is -0.125. The molecule has 0 radical (unpaired) electrons. The topological polar surface area (TPSA) is 116 Å². The number of aromatic nitrogens is 1. The maximum atomic E-state index is 14.2. The van der Waals surface area contributed by atoms with Gasteiger partial charge in [0.2, 0.25) is 0 Å². The zero-order valence-electron chi connectivity index (χ0n) is 15.6. The van der Waals surface area contributed by atoms with Crippen molar-refractivity contribution < 1.29 is 31.7 Å². The number of halogens is 2. The number of hydrogen-bond donors (Lipinski definition) is 1. The van der Waals surface area contributed by atoms with Crippen LogP contribution < -0.4 is 5.32 Å². The highest BCUT2D eigenvalue weighted by molar-refractivity contribution is 7.91. The Morgan fingerprint density at radius 2 is 2.14 bits per heavy atom. The van der Waals surface area contributed by atoms with Gasteiger partial charge in [0.15, 0.2) is 16.4 Å². The van der Waals surface area contributed by atoms with Crippen LogP contribution in [0.3, 0.4) is 0 Å². The second-order valence-corrected chi connectivity index (χ2v) is 9.68. The lowest BCUT2D eigenvalue weighted by Crippen LogP contribution is -2.48. The molecule has 1 saturated heterocycles. The Labute approximate surface area is 171 Å². The molecule has 29 heavy (non-hydrogen) atoms. The normalized spacial score (nSPS) is 20.4. The Kier molecular flexibility index (Phi) is 5.68. The lowest BCUT2D eigenvalue weighted by Gasteiger charge is -2.23. The first-order chi connectivity index (χ1) is 13.5. The molecule has 1 N–H and O–H groups in total. The number of rotatable bonds is 5. The zero-order valence-corrected chi connectivity index (χ0v) is 17.2. The second kappa shape index (κ2) is 7.75. The van der Waals surface area contributed by atoms with E-state index >= 15 is 0 Å². The van der Waals surface area contributed by atoms with Crippen LogP contribution in [0.5, 0.6) is 0 Å². The van der Waals surface area contributed by atoms with Gasteiger partial charge in [-0.3, -0.25) is 4.79 Å². The van der Waals surface area contributed by atoms with Gasteiger partial charge >= 0.3 is 5.97 Å². The molecule has 156 valence electrons. The minimum atomic E-state index is -3.21. The molecule has 0 saturated carbocycles. The van der Waals surface area contributed by atoms with E-state index in [1.807, 2.05) is 0 Å². The number of sulfone groups is 1. The zero-order chi connectivity index (χ0) is 21.4. The van der Waals surface area contributed by atoms with Crippen LogP contribution in [0.2, 0.25) is 5.02 Å². The number of nitrogens with zero attached hydrogens (tertiary/aromatic N) is 1. The standard InChI is InChI=1S/C18H18ClFN2O6S/c1-10-14(16(22-28-10)15-11(19)4-3-5-12(15)20)17(24)27-8-13(23)21-18(2)6-7-29(25,26)9-18/h3-5H,6-9H2,1-2H3,(H,21,23)/t18-/m1/s1. The SMILES string of the molecule is Cc1onc(-c2c(F)cccc2Cl)c1C(=O)OCC(=O)N[C@]1(C)CCS(=O)(=O)C1. The molecule has 0 aliphatic carbocycles. The fourth-order valence-electron chi connectivity index (χ4n) is 3.19. The monoisotopic (exact) mass is 444 g/mol. The Bertz CT molecular complexity index is 1060. The predicted molar refractivity (Wildman–Crippen MR) is 102 cm³/mol. The highest BCUT2D eigenvalue weighted by atomic mass is 35.5. The fraction of sp³-hybridized carbons (Fsp3) is 0.389. The van der Waals surface area contributed by atoms with Crippen molar-refractivity contribution in [2.45, 2.75) is 25.8 Å². The van der Waals surface area contributed by atoms with Crippen LogP contribution in [0.4, 0.5) is 4.39 Å². The van der Waals surface area contributed by atoms with Crippen LogP contribution in [-0.4, -0.2) is 49.1 Å². The van der Waals surface area contributed by atoms with E-state index in [0.29, 0.717) is 0 Å². The maximum Gasteiger partial charge on any atom is 0.344 e. The average Bonchev–Trinajstić information content (AvgIpc) is 3.11. The number of benzene rings is 1. The highest BCUT2D eigenvalue weighted by Crippen LogP contribution is 2.33. The van der Waals surface area contributed by atoms with Gasteiger partial charge in [0, 0.05) is 0 Å². The molecule has 1 aliphatic heterocycles. The van der Waals surface area contributed by atoms with Crippen molar-refractivity contribution in [1.29, 1.82) is 0 Å². The van der Waals surface area contributed by atoms with Crippen LogP contribution >= 0.6 is 11.6 Å². The summed E-state index contributed by atoms with van der Waals surface area (Å²) in [4.78, 5) is 24.6. The molecule has 1 aromatic carbocycles. The van der Waals surface area contributed by atoms with Gasteiger partial charge in [0.25, 0.3) is 5.91 Å². The highest BCUT2D eigenvalue weighted by Gasteiger charge is 2.39. The fourth-order valence-corrected chi connectivity index (χ4v) is 5.54. The number of ether oxygens (including phenoxy) is 1. The van der Waals surface area contributed by atoms with E-state index in [9.17, 15) is 22.4 Å². The summed E-state index contributed by atoms with van der Waals surface area (Å²) in [5.41, 5.74) is -1.32. The third-order valence-corrected chi connectivity index (χ3v) is 6.76. The van der Waals surface area contributed by atoms with Crippen molar-refractivity contribution in [1.82, 2.24) is 10.5 Å². The van der Waals surface area contributed by atoms with Gasteiger partial charge < -0.3 is 14.6 Å². The first kappa shape index (κ1) is 21.3. The molecular weight excluding hydrogens is 427 g/mol. The van der Waals surface area contributed by atoms with Gasteiger partial charge in [-0.1, -0.05) is 22.8 Å². The maximum absolute atomic E-state index is 14.2. The summed E-state index contributed by atoms with van der Waals surface area (Å²) in [5.74, 6) is -2.43. The van der Waals surface area contributed by atoms with Crippen molar-refractivity contribution in [3.63, 3.8) is 0 Å². The molecule has 11 heteroatoms. The van der Waals surface area contributed by atoms with Crippen molar-refractivity contribution in [2.75, 3.05) is 18.1 Å². The Morgan fingerprint density at radius 1 is 1.41 bits per heavy atom. The molecule has 3 rings (SSSR count). The van der Waals surface area contributed by atoms with Crippen LogP contribution in [-0.2, 0) is 19.4 Å². The molecule has 0 unspecified atom stereocenters. The van der Waals surface area contributed by atoms with Crippen LogP contribution in [0.25, 0.3) is 11.3 Å². The molecular formula is C18H18ClFN2O6S. The molecule has 0 bridgehead atoms. The number of amides is 1. The van der Waals surface area contributed by atoms with Gasteiger partial charge in [-0.25, -0.2) is 17.6 Å². The lowest BCUT2D eigenvalue weighted by atomic mass is 10.0. The summed E-state index contributed by atoms with van der Waals surface area (Å²) in [6, 6.07) is 3.99. The summed E-state index contributed by atoms with van der Waals surface area (Å²) in [7, 11) is -3.21. The van der Waals surface area contributed by atoms with Gasteiger partial charge in [-0.15, -0.1) is 0 Å². The molecule has 1 fully saturated rings. The van der Waals surface area contributed by atoms with Crippen molar-refractivity contribution in [2.24, 2.45) is 0 Å². The van der Waals surface area contributed by atoms with Crippen molar-refractivity contribution >= 4 is 33.3 Å². The third-order valence-electron chi connectivity index (χ3n) is 4.55. The van der Waals surface area contributed by atoms with Gasteiger partial charge in [0.1, 0.15) is 22.8 Å². The number of aryl methyl sites for hydroxylation is 1. The molecule has 0 spiro atoms. The number of nitrogens with one attached hydrogen (secondary N) is 1. The van der Waals surface area contributed by atoms with Crippen molar-refractivity contribution in [3.05, 3.63) is 40.4 Å². The van der Waals surface area contributed by atoms with E-state index in [1.165, 1.54) is 19.1 Å². The summed E-state index contributed by atoms with van der Waals surface area (Å²) in [6.45, 7) is 2.40. The Morgan fingerprint density at radius 3 is 2.76 bits per heavy atom. The average molecular weight is 445 g/mol. The van der Waals surface area contributed by atoms with Gasteiger partial charge in [0.05, 0.1) is 27.6 Å². The Balaban J connectivity index is 1.72. The minimum absolute atomic E-state index is 0.0176. The first-order valence-corrected chi connectivity index (χ1v) is 10.8. The third kappa shape index (κ3) is 4.59. The number of hydrogen-bond acceptors (Lipinski definition) is 7. The first-order valence-electron chi connectivity index (χ1n) is 8.60. The molecule has 1 amide bonds. The molecule has 1 aromatic heterocycles. The van der Waals surface area contributed by atoms with Crippen molar-refractivity contribution in [3.8, 4) is 11.3 Å². The van der Waals surface area contributed by atoms with E-state index < -0.39 is 39.7 Å². The largest absolute Gasteiger partial charge is 0.452 e. The smallest absolute Gasteiger partial charge is 0.344 e. The van der Waals surface area contributed by atoms with Crippen LogP contribution in [0.15, 0.2) is 22.7 Å².